The third-order valence-electron chi connectivity index (χ3n) is 6.58. The first-order valence-corrected chi connectivity index (χ1v) is 11.7. The molecular formula is C26H33FN2O5. The molecule has 3 atom stereocenters. The van der Waals surface area contributed by atoms with E-state index in [1.54, 1.807) is 6.07 Å². The Bertz CT molecular complexity index is 1020. The second-order valence-corrected chi connectivity index (χ2v) is 8.97. The second kappa shape index (κ2) is 11.3. The van der Waals surface area contributed by atoms with Crippen molar-refractivity contribution in [1.82, 2.24) is 10.3 Å². The molecule has 1 aromatic heterocycles. The molecule has 0 saturated heterocycles. The molecule has 184 valence electrons. The molecule has 7 nitrogen and oxygen atoms in total. The molecule has 34 heavy (non-hydrogen) atoms. The maximum absolute atomic E-state index is 13.8. The van der Waals surface area contributed by atoms with Gasteiger partial charge in [0, 0.05) is 18.2 Å². The largest absolute Gasteiger partial charge is 0.503 e. The average Bonchev–Trinajstić information content (AvgIpc) is 2.81. The minimum Gasteiger partial charge on any atom is -0.503 e. The molecule has 0 bridgehead atoms. The number of aryl methyl sites for hydroxylation is 1. The lowest BCUT2D eigenvalue weighted by Gasteiger charge is -2.35. The van der Waals surface area contributed by atoms with Gasteiger partial charge in [-0.15, -0.1) is 0 Å². The number of rotatable bonds is 8. The molecule has 0 radical (unpaired) electrons. The molecule has 1 saturated carbocycles. The summed E-state index contributed by atoms with van der Waals surface area (Å²) in [5, 5.41) is 12.7. The van der Waals surface area contributed by atoms with E-state index in [-0.39, 0.29) is 23.2 Å². The summed E-state index contributed by atoms with van der Waals surface area (Å²) >= 11 is 0. The van der Waals surface area contributed by atoms with Crippen LogP contribution in [0.2, 0.25) is 0 Å². The van der Waals surface area contributed by atoms with Crippen molar-refractivity contribution in [1.29, 1.82) is 0 Å². The molecule has 1 heterocycles. The highest BCUT2D eigenvalue weighted by Crippen LogP contribution is 2.40. The van der Waals surface area contributed by atoms with Gasteiger partial charge in [-0.25, -0.2) is 14.2 Å². The van der Waals surface area contributed by atoms with Gasteiger partial charge in [0.2, 0.25) is 0 Å². The molecule has 8 heteroatoms. The number of benzene rings is 1. The monoisotopic (exact) mass is 472 g/mol. The fraction of sp³-hybridized carbons (Fsp3) is 0.500. The van der Waals surface area contributed by atoms with Gasteiger partial charge in [0.15, 0.2) is 17.2 Å². The van der Waals surface area contributed by atoms with E-state index >= 15 is 0 Å². The molecule has 0 aliphatic heterocycles. The topological polar surface area (TPSA) is 97.8 Å². The SMILES string of the molecule is COc1ccnc(C(=O)N[C@@H](C)C(=O)O[C@@H](C)[C@H](c2ccc(F)cc2C)C2CCCCC2)c1O. The summed E-state index contributed by atoms with van der Waals surface area (Å²) in [7, 11) is 1.36. The van der Waals surface area contributed by atoms with E-state index in [2.05, 4.69) is 10.3 Å². The van der Waals surface area contributed by atoms with Crippen molar-refractivity contribution in [2.24, 2.45) is 5.92 Å². The van der Waals surface area contributed by atoms with E-state index < -0.39 is 29.8 Å². The Labute approximate surface area is 199 Å². The van der Waals surface area contributed by atoms with Crippen molar-refractivity contribution in [2.45, 2.75) is 70.9 Å². The smallest absolute Gasteiger partial charge is 0.328 e. The Hall–Kier alpha value is -3.16. The van der Waals surface area contributed by atoms with E-state index in [0.29, 0.717) is 5.92 Å². The Morgan fingerprint density at radius 1 is 1.18 bits per heavy atom. The average molecular weight is 473 g/mol. The van der Waals surface area contributed by atoms with Gasteiger partial charge in [-0.1, -0.05) is 25.3 Å². The molecule has 3 rings (SSSR count). The van der Waals surface area contributed by atoms with Gasteiger partial charge < -0.3 is 19.9 Å². The number of ether oxygens (including phenoxy) is 2. The van der Waals surface area contributed by atoms with Crippen LogP contribution < -0.4 is 10.1 Å². The third kappa shape index (κ3) is 5.85. The van der Waals surface area contributed by atoms with Crippen LogP contribution in [0.15, 0.2) is 30.5 Å². The van der Waals surface area contributed by atoms with Gasteiger partial charge in [-0.05, 0) is 62.8 Å². The number of hydrogen-bond donors (Lipinski definition) is 2. The molecule has 1 aliphatic carbocycles. The predicted octanol–water partition coefficient (Wildman–Crippen LogP) is 4.66. The number of carbonyl (C=O) groups excluding carboxylic acids is 2. The van der Waals surface area contributed by atoms with E-state index in [1.165, 1.54) is 44.9 Å². The predicted molar refractivity (Wildman–Crippen MR) is 125 cm³/mol. The number of nitrogens with zero attached hydrogens (tertiary/aromatic N) is 1. The molecule has 1 aliphatic rings. The Morgan fingerprint density at radius 2 is 1.88 bits per heavy atom. The Kier molecular flexibility index (Phi) is 8.47. The normalized spacial score (nSPS) is 16.9. The van der Waals surface area contributed by atoms with Gasteiger partial charge >= 0.3 is 5.97 Å². The Balaban J connectivity index is 1.73. The molecule has 1 aromatic carbocycles. The minimum absolute atomic E-state index is 0.0724. The van der Waals surface area contributed by atoms with Crippen molar-refractivity contribution < 1.29 is 28.6 Å². The van der Waals surface area contributed by atoms with E-state index in [9.17, 15) is 19.1 Å². The molecule has 2 aromatic rings. The van der Waals surface area contributed by atoms with E-state index in [4.69, 9.17) is 9.47 Å². The summed E-state index contributed by atoms with van der Waals surface area (Å²) in [4.78, 5) is 29.3. The quantitative estimate of drug-likeness (QED) is 0.543. The fourth-order valence-electron chi connectivity index (χ4n) is 4.85. The first kappa shape index (κ1) is 25.5. The lowest BCUT2D eigenvalue weighted by Crippen LogP contribution is -2.42. The number of hydrogen-bond acceptors (Lipinski definition) is 6. The number of amides is 1. The summed E-state index contributed by atoms with van der Waals surface area (Å²) in [5.41, 5.74) is 1.57. The molecule has 1 fully saturated rings. The zero-order chi connectivity index (χ0) is 24.8. The number of methoxy groups -OCH3 is 1. The van der Waals surface area contributed by atoms with Crippen LogP contribution in [-0.4, -0.2) is 41.2 Å². The lowest BCUT2D eigenvalue weighted by molar-refractivity contribution is -0.152. The number of carbonyl (C=O) groups is 2. The number of aromatic hydroxyl groups is 1. The number of halogens is 1. The standard InChI is InChI=1S/C26H33FN2O5/c1-15-14-19(27)10-11-20(15)22(18-8-6-5-7-9-18)17(3)34-26(32)16(2)29-25(31)23-24(30)21(33-4)12-13-28-23/h10-14,16-18,22,30H,5-9H2,1-4H3,(H,29,31)/t16-,17-,22-/m0/s1. The molecule has 0 spiro atoms. The number of aromatic nitrogens is 1. The van der Waals surface area contributed by atoms with Crippen LogP contribution in [0, 0.1) is 18.7 Å². The van der Waals surface area contributed by atoms with Gasteiger partial charge in [0.25, 0.3) is 5.91 Å². The van der Waals surface area contributed by atoms with Crippen molar-refractivity contribution in [3.05, 3.63) is 53.1 Å². The highest BCUT2D eigenvalue weighted by Gasteiger charge is 2.34. The molecular weight excluding hydrogens is 439 g/mol. The summed E-state index contributed by atoms with van der Waals surface area (Å²) in [6.45, 7) is 5.24. The maximum Gasteiger partial charge on any atom is 0.328 e. The Morgan fingerprint density at radius 3 is 2.53 bits per heavy atom. The van der Waals surface area contributed by atoms with Crippen LogP contribution in [0.3, 0.4) is 0 Å². The number of nitrogens with one attached hydrogen (secondary N) is 1. The van der Waals surface area contributed by atoms with Crippen LogP contribution in [0.25, 0.3) is 0 Å². The third-order valence-corrected chi connectivity index (χ3v) is 6.58. The van der Waals surface area contributed by atoms with Crippen molar-refractivity contribution >= 4 is 11.9 Å². The first-order chi connectivity index (χ1) is 16.2. The van der Waals surface area contributed by atoms with Crippen LogP contribution in [0.4, 0.5) is 4.39 Å². The summed E-state index contributed by atoms with van der Waals surface area (Å²) in [6.07, 6.45) is 6.33. The summed E-state index contributed by atoms with van der Waals surface area (Å²) < 4.78 is 24.6. The van der Waals surface area contributed by atoms with Crippen LogP contribution in [-0.2, 0) is 9.53 Å². The second-order valence-electron chi connectivity index (χ2n) is 8.97. The number of pyridine rings is 1. The van der Waals surface area contributed by atoms with Crippen LogP contribution >= 0.6 is 0 Å². The van der Waals surface area contributed by atoms with Crippen molar-refractivity contribution in [2.75, 3.05) is 7.11 Å². The zero-order valence-corrected chi connectivity index (χ0v) is 20.1. The van der Waals surface area contributed by atoms with Gasteiger partial charge in [0.05, 0.1) is 7.11 Å². The first-order valence-electron chi connectivity index (χ1n) is 11.7. The fourth-order valence-corrected chi connectivity index (χ4v) is 4.85. The zero-order valence-electron chi connectivity index (χ0n) is 20.1. The van der Waals surface area contributed by atoms with Gasteiger partial charge in [0.1, 0.15) is 18.0 Å². The van der Waals surface area contributed by atoms with Gasteiger partial charge in [-0.2, -0.15) is 0 Å². The maximum atomic E-state index is 13.8. The van der Waals surface area contributed by atoms with E-state index in [0.717, 1.165) is 36.8 Å². The summed E-state index contributed by atoms with van der Waals surface area (Å²) in [6, 6.07) is 5.20. The van der Waals surface area contributed by atoms with Crippen LogP contribution in [0.1, 0.15) is 73.5 Å². The van der Waals surface area contributed by atoms with Crippen molar-refractivity contribution in [3.8, 4) is 11.5 Å². The minimum atomic E-state index is -0.969. The number of esters is 1. The molecule has 2 N–H and O–H groups in total. The molecule has 0 unspecified atom stereocenters. The van der Waals surface area contributed by atoms with Gasteiger partial charge in [-0.3, -0.25) is 4.79 Å². The van der Waals surface area contributed by atoms with E-state index in [1.807, 2.05) is 13.8 Å². The highest BCUT2D eigenvalue weighted by atomic mass is 19.1. The van der Waals surface area contributed by atoms with Crippen molar-refractivity contribution in [3.63, 3.8) is 0 Å². The summed E-state index contributed by atoms with van der Waals surface area (Å²) in [5.74, 6) is -1.65. The lowest BCUT2D eigenvalue weighted by atomic mass is 9.73. The van der Waals surface area contributed by atoms with Crippen LogP contribution in [0.5, 0.6) is 11.5 Å². The molecule has 1 amide bonds. The highest BCUT2D eigenvalue weighted by molar-refractivity contribution is 5.97.